The van der Waals surface area contributed by atoms with Gasteiger partial charge in [-0.15, -0.1) is 11.8 Å². The Hall–Kier alpha value is -1.47. The number of aromatic nitrogens is 2. The zero-order valence-corrected chi connectivity index (χ0v) is 12.1. The van der Waals surface area contributed by atoms with Crippen molar-refractivity contribution >= 4 is 11.8 Å². The maximum Gasteiger partial charge on any atom is 0.237 e. The normalized spacial score (nSPS) is 17.3. The zero-order chi connectivity index (χ0) is 14.9. The van der Waals surface area contributed by atoms with Crippen molar-refractivity contribution in [3.8, 4) is 0 Å². The largest absolute Gasteiger partial charge is 0.338 e. The Bertz CT molecular complexity index is 641. The van der Waals surface area contributed by atoms with E-state index in [1.165, 1.54) is 17.8 Å². The molecule has 0 aliphatic heterocycles. The number of nitrogens with zero attached hydrogens (tertiary/aromatic N) is 2. The Kier molecular flexibility index (Phi) is 3.95. The summed E-state index contributed by atoms with van der Waals surface area (Å²) in [7, 11) is 0. The Balaban J connectivity index is 1.66. The van der Waals surface area contributed by atoms with Gasteiger partial charge in [0.2, 0.25) is 5.89 Å². The maximum absolute atomic E-state index is 13.1. The van der Waals surface area contributed by atoms with E-state index in [9.17, 15) is 8.78 Å². The molecule has 2 aromatic rings. The number of rotatable bonds is 4. The lowest BCUT2D eigenvalue weighted by atomic mass is 9.99. The van der Waals surface area contributed by atoms with Crippen molar-refractivity contribution in [3.63, 3.8) is 0 Å². The fourth-order valence-electron chi connectivity index (χ4n) is 2.46. The summed E-state index contributed by atoms with van der Waals surface area (Å²) in [5, 5.41) is 3.96. The van der Waals surface area contributed by atoms with Crippen molar-refractivity contribution in [2.24, 2.45) is 5.73 Å². The molecule has 1 saturated carbocycles. The van der Waals surface area contributed by atoms with E-state index in [1.807, 2.05) is 0 Å². The van der Waals surface area contributed by atoms with Crippen LogP contribution in [0.15, 0.2) is 27.6 Å². The summed E-state index contributed by atoms with van der Waals surface area (Å²) in [4.78, 5) is 4.94. The second kappa shape index (κ2) is 5.73. The second-order valence-electron chi connectivity index (χ2n) is 5.24. The van der Waals surface area contributed by atoms with Crippen molar-refractivity contribution in [2.75, 3.05) is 0 Å². The third-order valence-electron chi connectivity index (χ3n) is 3.66. The number of halogens is 2. The monoisotopic (exact) mass is 311 g/mol. The van der Waals surface area contributed by atoms with Crippen LogP contribution in [0.4, 0.5) is 8.78 Å². The Labute approximate surface area is 125 Å². The van der Waals surface area contributed by atoms with Crippen LogP contribution in [0.3, 0.4) is 0 Å². The van der Waals surface area contributed by atoms with E-state index in [0.29, 0.717) is 22.4 Å². The van der Waals surface area contributed by atoms with Crippen LogP contribution < -0.4 is 5.73 Å². The van der Waals surface area contributed by atoms with Gasteiger partial charge in [-0.25, -0.2) is 8.78 Å². The predicted octanol–water partition coefficient (Wildman–Crippen LogP) is 3.37. The van der Waals surface area contributed by atoms with Crippen LogP contribution in [0.25, 0.3) is 0 Å². The quantitative estimate of drug-likeness (QED) is 0.877. The number of hydrogen-bond donors (Lipinski definition) is 1. The van der Waals surface area contributed by atoms with Gasteiger partial charge in [0.05, 0.1) is 11.3 Å². The highest BCUT2D eigenvalue weighted by molar-refractivity contribution is 7.98. The molecule has 4 nitrogen and oxygen atoms in total. The first-order valence-corrected chi connectivity index (χ1v) is 7.75. The molecular weight excluding hydrogens is 296 g/mol. The second-order valence-corrected chi connectivity index (χ2v) is 6.29. The van der Waals surface area contributed by atoms with Crippen molar-refractivity contribution in [3.05, 3.63) is 41.5 Å². The molecule has 0 atom stereocenters. The molecule has 1 aliphatic carbocycles. The number of hydrogen-bond acceptors (Lipinski definition) is 5. The SMILES string of the molecule is NC1(c2noc(CSc3ccc(F)c(F)c3)n2)CCCC1. The first kappa shape index (κ1) is 14.5. The predicted molar refractivity (Wildman–Crippen MR) is 74.6 cm³/mol. The Morgan fingerprint density at radius 1 is 1.24 bits per heavy atom. The summed E-state index contributed by atoms with van der Waals surface area (Å²) in [6.07, 6.45) is 3.87. The fraction of sp³-hybridized carbons (Fsp3) is 0.429. The summed E-state index contributed by atoms with van der Waals surface area (Å²) in [6.45, 7) is 0. The van der Waals surface area contributed by atoms with Gasteiger partial charge in [-0.3, -0.25) is 0 Å². The first-order chi connectivity index (χ1) is 10.1. The number of thioether (sulfide) groups is 1. The van der Waals surface area contributed by atoms with Gasteiger partial charge in [0.25, 0.3) is 0 Å². The summed E-state index contributed by atoms with van der Waals surface area (Å²) in [5.74, 6) is -0.338. The highest BCUT2D eigenvalue weighted by Crippen LogP contribution is 2.35. The lowest BCUT2D eigenvalue weighted by Gasteiger charge is -2.17. The molecule has 3 rings (SSSR count). The van der Waals surface area contributed by atoms with Crippen LogP contribution in [0.1, 0.15) is 37.4 Å². The fourth-order valence-corrected chi connectivity index (χ4v) is 3.22. The minimum atomic E-state index is -0.863. The van der Waals surface area contributed by atoms with E-state index in [2.05, 4.69) is 10.1 Å². The first-order valence-electron chi connectivity index (χ1n) is 6.77. The topological polar surface area (TPSA) is 64.9 Å². The van der Waals surface area contributed by atoms with Crippen molar-refractivity contribution in [1.82, 2.24) is 10.1 Å². The van der Waals surface area contributed by atoms with E-state index < -0.39 is 17.2 Å². The summed E-state index contributed by atoms with van der Waals surface area (Å²) in [6, 6.07) is 3.77. The van der Waals surface area contributed by atoms with Crippen molar-refractivity contribution < 1.29 is 13.3 Å². The summed E-state index contributed by atoms with van der Waals surface area (Å²) >= 11 is 1.31. The van der Waals surface area contributed by atoms with E-state index >= 15 is 0 Å². The average molecular weight is 311 g/mol. The summed E-state index contributed by atoms with van der Waals surface area (Å²) < 4.78 is 31.1. The molecule has 1 fully saturated rings. The lowest BCUT2D eigenvalue weighted by molar-refractivity contribution is 0.355. The zero-order valence-electron chi connectivity index (χ0n) is 11.3. The highest BCUT2D eigenvalue weighted by Gasteiger charge is 2.35. The van der Waals surface area contributed by atoms with Crippen molar-refractivity contribution in [2.45, 2.75) is 41.9 Å². The molecule has 0 saturated heterocycles. The summed E-state index contributed by atoms with van der Waals surface area (Å²) in [5.41, 5.74) is 5.78. The molecule has 1 heterocycles. The van der Waals surface area contributed by atoms with Gasteiger partial charge < -0.3 is 10.3 Å². The average Bonchev–Trinajstić information content (AvgIpc) is 3.10. The van der Waals surface area contributed by atoms with Crippen LogP contribution in [-0.2, 0) is 11.3 Å². The molecule has 0 spiro atoms. The van der Waals surface area contributed by atoms with Crippen LogP contribution in [0.2, 0.25) is 0 Å². The van der Waals surface area contributed by atoms with E-state index in [0.717, 1.165) is 37.8 Å². The molecule has 21 heavy (non-hydrogen) atoms. The molecule has 2 N–H and O–H groups in total. The lowest BCUT2D eigenvalue weighted by Crippen LogP contribution is -2.34. The van der Waals surface area contributed by atoms with Gasteiger partial charge in [0.1, 0.15) is 0 Å². The van der Waals surface area contributed by atoms with Gasteiger partial charge in [0.15, 0.2) is 17.5 Å². The number of benzene rings is 1. The van der Waals surface area contributed by atoms with Crippen LogP contribution in [0, 0.1) is 11.6 Å². The van der Waals surface area contributed by atoms with Gasteiger partial charge in [0, 0.05) is 4.90 Å². The minimum absolute atomic E-state index is 0.397. The van der Waals surface area contributed by atoms with E-state index in [1.54, 1.807) is 0 Å². The molecule has 1 aromatic carbocycles. The molecular formula is C14H15F2N3OS. The molecule has 0 unspecified atom stereocenters. The van der Waals surface area contributed by atoms with E-state index in [4.69, 9.17) is 10.3 Å². The Morgan fingerprint density at radius 2 is 2.00 bits per heavy atom. The molecule has 0 radical (unpaired) electrons. The highest BCUT2D eigenvalue weighted by atomic mass is 32.2. The van der Waals surface area contributed by atoms with Crippen LogP contribution in [0.5, 0.6) is 0 Å². The third-order valence-corrected chi connectivity index (χ3v) is 4.64. The molecule has 1 aliphatic rings. The molecule has 0 amide bonds. The molecule has 7 heteroatoms. The Morgan fingerprint density at radius 3 is 2.71 bits per heavy atom. The van der Waals surface area contributed by atoms with Gasteiger partial charge in [-0.2, -0.15) is 4.98 Å². The van der Waals surface area contributed by atoms with E-state index in [-0.39, 0.29) is 0 Å². The smallest absolute Gasteiger partial charge is 0.237 e. The van der Waals surface area contributed by atoms with Gasteiger partial charge in [-0.1, -0.05) is 18.0 Å². The standard InChI is InChI=1S/C14H15F2N3OS/c15-10-4-3-9(7-11(10)16)21-8-12-18-13(19-20-12)14(17)5-1-2-6-14/h3-4,7H,1-2,5-6,8,17H2. The molecule has 1 aromatic heterocycles. The third kappa shape index (κ3) is 3.08. The minimum Gasteiger partial charge on any atom is -0.338 e. The van der Waals surface area contributed by atoms with Crippen LogP contribution >= 0.6 is 11.8 Å². The maximum atomic E-state index is 13.1. The molecule has 0 bridgehead atoms. The van der Waals surface area contributed by atoms with Crippen LogP contribution in [-0.4, -0.2) is 10.1 Å². The van der Waals surface area contributed by atoms with Gasteiger partial charge in [-0.05, 0) is 31.0 Å². The van der Waals surface area contributed by atoms with Crippen molar-refractivity contribution in [1.29, 1.82) is 0 Å². The van der Waals surface area contributed by atoms with Gasteiger partial charge >= 0.3 is 0 Å². The molecule has 112 valence electrons. The number of nitrogens with two attached hydrogens (primary N) is 1.